The Kier molecular flexibility index (Phi) is 9.19. The first-order valence-corrected chi connectivity index (χ1v) is 13.1. The second-order valence-corrected chi connectivity index (χ2v) is 9.46. The van der Waals surface area contributed by atoms with Gasteiger partial charge in [0.25, 0.3) is 11.6 Å². The van der Waals surface area contributed by atoms with E-state index in [0.717, 1.165) is 4.90 Å². The van der Waals surface area contributed by atoms with E-state index in [0.29, 0.717) is 45.1 Å². The highest BCUT2D eigenvalue weighted by atomic mass is 79.9. The number of carbonyl (C=O) groups is 3. The third-order valence-corrected chi connectivity index (χ3v) is 6.38. The van der Waals surface area contributed by atoms with Crippen LogP contribution in [-0.4, -0.2) is 47.9 Å². The summed E-state index contributed by atoms with van der Waals surface area (Å²) in [5.41, 5.74) is 1.43. The van der Waals surface area contributed by atoms with Gasteiger partial charge in [0.2, 0.25) is 5.91 Å². The topological polar surface area (TPSA) is 149 Å². The summed E-state index contributed by atoms with van der Waals surface area (Å²) in [6.45, 7) is 1.64. The number of imide groups is 1. The van der Waals surface area contributed by atoms with Gasteiger partial charge in [-0.3, -0.25) is 19.7 Å². The van der Waals surface area contributed by atoms with Crippen LogP contribution in [0.4, 0.5) is 16.2 Å². The molecule has 1 aliphatic heterocycles. The summed E-state index contributed by atoms with van der Waals surface area (Å²) in [6.07, 6.45) is 1.45. The van der Waals surface area contributed by atoms with Crippen molar-refractivity contribution in [3.63, 3.8) is 0 Å². The van der Waals surface area contributed by atoms with Crippen LogP contribution in [0, 0.1) is 10.1 Å². The molecule has 0 aliphatic carbocycles. The maximum absolute atomic E-state index is 13.0. The fourth-order valence-corrected chi connectivity index (χ4v) is 4.53. The van der Waals surface area contributed by atoms with Crippen molar-refractivity contribution in [3.05, 3.63) is 92.1 Å². The number of nitrogens with zero attached hydrogens (tertiary/aromatic N) is 2. The molecule has 3 aromatic rings. The van der Waals surface area contributed by atoms with E-state index >= 15 is 0 Å². The minimum Gasteiger partial charge on any atom is -0.495 e. The van der Waals surface area contributed by atoms with E-state index in [2.05, 4.69) is 26.6 Å². The number of nitro groups is 1. The van der Waals surface area contributed by atoms with E-state index in [-0.39, 0.29) is 18.0 Å². The predicted octanol–water partition coefficient (Wildman–Crippen LogP) is 4.88. The highest BCUT2D eigenvalue weighted by Gasteiger charge is 2.35. The molecule has 2 N–H and O–H groups in total. The number of non-ortho nitro benzene ring substituents is 1. The van der Waals surface area contributed by atoms with Gasteiger partial charge in [0.15, 0.2) is 11.5 Å². The molecular weight excluding hydrogens is 600 g/mol. The van der Waals surface area contributed by atoms with Gasteiger partial charge in [0, 0.05) is 12.1 Å². The molecule has 0 atom stereocenters. The number of anilines is 1. The van der Waals surface area contributed by atoms with Gasteiger partial charge < -0.3 is 24.8 Å². The summed E-state index contributed by atoms with van der Waals surface area (Å²) in [5, 5.41) is 16.2. The Bertz CT molecular complexity index is 1540. The van der Waals surface area contributed by atoms with Crippen molar-refractivity contribution < 1.29 is 33.5 Å². The van der Waals surface area contributed by atoms with Gasteiger partial charge in [0.05, 0.1) is 28.8 Å². The van der Waals surface area contributed by atoms with Crippen molar-refractivity contribution in [1.29, 1.82) is 0 Å². The summed E-state index contributed by atoms with van der Waals surface area (Å²) in [4.78, 5) is 49.5. The SMILES string of the molecule is CCOc1cc(/C=C2/NC(=O)N(CC(=O)Nc3ccccc3OC)C2=O)cc(Br)c1OCc1cccc([N+](=O)[O-])c1. The summed E-state index contributed by atoms with van der Waals surface area (Å²) < 4.78 is 17.3. The number of urea groups is 1. The number of hydrogen-bond acceptors (Lipinski definition) is 8. The lowest BCUT2D eigenvalue weighted by atomic mass is 10.1. The number of halogens is 1. The minimum atomic E-state index is -0.738. The molecule has 212 valence electrons. The number of nitrogens with one attached hydrogen (secondary N) is 2. The molecule has 4 amide bonds. The monoisotopic (exact) mass is 624 g/mol. The summed E-state index contributed by atoms with van der Waals surface area (Å²) >= 11 is 3.46. The quantitative estimate of drug-likeness (QED) is 0.133. The third-order valence-electron chi connectivity index (χ3n) is 5.79. The molecule has 0 saturated carbocycles. The van der Waals surface area contributed by atoms with E-state index < -0.39 is 29.3 Å². The van der Waals surface area contributed by atoms with Crippen LogP contribution in [0.3, 0.4) is 0 Å². The molecule has 1 saturated heterocycles. The molecule has 1 aliphatic rings. The van der Waals surface area contributed by atoms with E-state index in [1.165, 1.54) is 25.3 Å². The average molecular weight is 625 g/mol. The van der Waals surface area contributed by atoms with Crippen LogP contribution in [0.25, 0.3) is 6.08 Å². The van der Waals surface area contributed by atoms with Gasteiger partial charge in [-0.1, -0.05) is 24.3 Å². The number of methoxy groups -OCH3 is 1. The van der Waals surface area contributed by atoms with E-state index in [1.807, 2.05) is 0 Å². The fraction of sp³-hybridized carbons (Fsp3) is 0.179. The van der Waals surface area contributed by atoms with Gasteiger partial charge in [-0.2, -0.15) is 0 Å². The van der Waals surface area contributed by atoms with E-state index in [9.17, 15) is 24.5 Å². The lowest BCUT2D eigenvalue weighted by molar-refractivity contribution is -0.384. The number of ether oxygens (including phenoxy) is 3. The molecule has 13 heteroatoms. The fourth-order valence-electron chi connectivity index (χ4n) is 3.95. The van der Waals surface area contributed by atoms with E-state index in [1.54, 1.807) is 55.5 Å². The summed E-state index contributed by atoms with van der Waals surface area (Å²) in [5.74, 6) is -0.108. The zero-order valence-corrected chi connectivity index (χ0v) is 23.6. The van der Waals surface area contributed by atoms with Crippen LogP contribution in [0.1, 0.15) is 18.1 Å². The van der Waals surface area contributed by atoms with Crippen molar-refractivity contribution in [1.82, 2.24) is 10.2 Å². The molecule has 41 heavy (non-hydrogen) atoms. The van der Waals surface area contributed by atoms with Crippen molar-refractivity contribution in [2.24, 2.45) is 0 Å². The van der Waals surface area contributed by atoms with Crippen LogP contribution in [0.15, 0.2) is 70.8 Å². The van der Waals surface area contributed by atoms with Crippen LogP contribution in [0.2, 0.25) is 0 Å². The highest BCUT2D eigenvalue weighted by Crippen LogP contribution is 2.38. The molecule has 4 rings (SSSR count). The molecule has 3 aromatic carbocycles. The first-order valence-electron chi connectivity index (χ1n) is 12.3. The Morgan fingerprint density at radius 2 is 1.88 bits per heavy atom. The molecule has 0 radical (unpaired) electrons. The van der Waals surface area contributed by atoms with Gasteiger partial charge in [-0.05, 0) is 64.3 Å². The predicted molar refractivity (Wildman–Crippen MR) is 153 cm³/mol. The Balaban J connectivity index is 1.49. The van der Waals surface area contributed by atoms with Crippen molar-refractivity contribution >= 4 is 51.2 Å². The molecular formula is C28H25BrN4O8. The summed E-state index contributed by atoms with van der Waals surface area (Å²) in [7, 11) is 1.46. The Hall–Kier alpha value is -4.91. The highest BCUT2D eigenvalue weighted by molar-refractivity contribution is 9.10. The van der Waals surface area contributed by atoms with Gasteiger partial charge in [0.1, 0.15) is 24.6 Å². The molecule has 1 fully saturated rings. The van der Waals surface area contributed by atoms with Crippen molar-refractivity contribution in [2.45, 2.75) is 13.5 Å². The maximum Gasteiger partial charge on any atom is 0.329 e. The minimum absolute atomic E-state index is 0.0281. The number of amides is 4. The van der Waals surface area contributed by atoms with Crippen LogP contribution in [0.5, 0.6) is 17.2 Å². The lowest BCUT2D eigenvalue weighted by Gasteiger charge is -2.15. The first-order chi connectivity index (χ1) is 19.7. The molecule has 0 aromatic heterocycles. The zero-order valence-electron chi connectivity index (χ0n) is 22.0. The van der Waals surface area contributed by atoms with Crippen LogP contribution in [-0.2, 0) is 16.2 Å². The van der Waals surface area contributed by atoms with Gasteiger partial charge in [-0.15, -0.1) is 0 Å². The van der Waals surface area contributed by atoms with Crippen molar-refractivity contribution in [3.8, 4) is 17.2 Å². The van der Waals surface area contributed by atoms with Crippen LogP contribution >= 0.6 is 15.9 Å². The Labute approximate surface area is 243 Å². The Morgan fingerprint density at radius 3 is 2.61 bits per heavy atom. The molecule has 0 bridgehead atoms. The number of hydrogen-bond donors (Lipinski definition) is 2. The number of para-hydroxylation sites is 2. The van der Waals surface area contributed by atoms with Gasteiger partial charge in [-0.25, -0.2) is 9.69 Å². The molecule has 0 spiro atoms. The zero-order chi connectivity index (χ0) is 29.5. The van der Waals surface area contributed by atoms with Gasteiger partial charge >= 0.3 is 6.03 Å². The second kappa shape index (κ2) is 13.0. The standard InChI is InChI=1S/C28H25BrN4O8/c1-3-40-24-14-18(12-20(29)26(24)41-16-17-7-6-8-19(11-17)33(37)38)13-22-27(35)32(28(36)31-22)15-25(34)30-21-9-4-5-10-23(21)39-2/h4-14H,3,15-16H2,1-2H3,(H,30,34)(H,31,36)/b22-13+. The smallest absolute Gasteiger partial charge is 0.329 e. The lowest BCUT2D eigenvalue weighted by Crippen LogP contribution is -2.38. The first kappa shape index (κ1) is 29.1. The number of nitro benzene ring substituents is 1. The number of benzene rings is 3. The molecule has 1 heterocycles. The normalized spacial score (nSPS) is 13.6. The summed E-state index contributed by atoms with van der Waals surface area (Å²) in [6, 6.07) is 15.4. The number of carbonyl (C=O) groups excluding carboxylic acids is 3. The second-order valence-electron chi connectivity index (χ2n) is 8.61. The third kappa shape index (κ3) is 7.00. The van der Waals surface area contributed by atoms with Crippen molar-refractivity contribution in [2.75, 3.05) is 25.6 Å². The number of rotatable bonds is 11. The maximum atomic E-state index is 13.0. The average Bonchev–Trinajstić information content (AvgIpc) is 3.20. The Morgan fingerprint density at radius 1 is 1.10 bits per heavy atom. The molecule has 12 nitrogen and oxygen atoms in total. The van der Waals surface area contributed by atoms with Crippen LogP contribution < -0.4 is 24.8 Å². The van der Waals surface area contributed by atoms with E-state index in [4.69, 9.17) is 14.2 Å². The molecule has 0 unspecified atom stereocenters. The largest absolute Gasteiger partial charge is 0.495 e.